The van der Waals surface area contributed by atoms with Crippen molar-refractivity contribution in [3.8, 4) is 23.1 Å². The maximum atomic E-state index is 10.3. The summed E-state index contributed by atoms with van der Waals surface area (Å²) < 4.78 is 7.13. The Labute approximate surface area is 270 Å². The predicted octanol–water partition coefficient (Wildman–Crippen LogP) is 10.8. The van der Waals surface area contributed by atoms with Crippen LogP contribution in [0.15, 0.2) is 158 Å². The number of rotatable bonds is 3. The van der Waals surface area contributed by atoms with Crippen LogP contribution in [0.3, 0.4) is 0 Å². The van der Waals surface area contributed by atoms with Gasteiger partial charge in [-0.05, 0) is 54.6 Å². The summed E-state index contributed by atoms with van der Waals surface area (Å²) in [6, 6.07) is 58.2. The Morgan fingerprint density at radius 1 is 0.362 bits per heavy atom. The van der Waals surface area contributed by atoms with Crippen molar-refractivity contribution in [1.29, 1.82) is 5.26 Å². The highest BCUT2D eigenvalue weighted by molar-refractivity contribution is 6.27. The summed E-state index contributed by atoms with van der Waals surface area (Å²) in [7, 11) is 0. The molecule has 0 saturated heterocycles. The van der Waals surface area contributed by atoms with Crippen molar-refractivity contribution in [2.24, 2.45) is 0 Å². The molecule has 0 aliphatic carbocycles. The molecule has 10 aromatic rings. The first kappa shape index (κ1) is 25.7. The Kier molecular flexibility index (Phi) is 5.32. The Balaban J connectivity index is 1.44. The number of hydrogen-bond donors (Lipinski definition) is 0. The number of benzene rings is 7. The van der Waals surface area contributed by atoms with Crippen molar-refractivity contribution in [2.45, 2.75) is 0 Å². The minimum atomic E-state index is 0.664. The third kappa shape index (κ3) is 3.46. The van der Waals surface area contributed by atoms with E-state index in [-0.39, 0.29) is 0 Å². The average Bonchev–Trinajstić information content (AvgIpc) is 3.78. The normalized spacial score (nSPS) is 11.8. The van der Waals surface area contributed by atoms with Gasteiger partial charge in [0.2, 0.25) is 0 Å². The number of nitrogens with zero attached hydrogens (tertiary/aromatic N) is 4. The minimum absolute atomic E-state index is 0.664. The lowest BCUT2D eigenvalue weighted by atomic mass is 10.1. The molecule has 3 aromatic heterocycles. The number of aromatic nitrogens is 3. The molecule has 0 bridgehead atoms. The smallest absolute Gasteiger partial charge is 0.101 e. The Morgan fingerprint density at radius 2 is 0.915 bits per heavy atom. The summed E-state index contributed by atoms with van der Waals surface area (Å²) in [4.78, 5) is 0. The molecule has 7 aromatic carbocycles. The first-order valence-electron chi connectivity index (χ1n) is 15.9. The second-order valence-electron chi connectivity index (χ2n) is 12.1. The molecule has 0 atom stereocenters. The fourth-order valence-electron chi connectivity index (χ4n) is 7.82. The molecule has 10 rings (SSSR count). The molecule has 0 amide bonds. The molecule has 0 spiro atoms. The molecule has 3 heterocycles. The standard InChI is InChI=1S/C43H26N4/c44-27-28-13-11-20-33-34-25-26-38-40(43(34)46(41(28)33)30-16-5-2-6-17-30)35-19-8-10-23-37(35)47(38)39-24-12-21-32-31-18-7-9-22-36(31)45(42(32)39)29-14-3-1-4-15-29/h1-26H. The molecule has 0 N–H and O–H groups in total. The van der Waals surface area contributed by atoms with Gasteiger partial charge in [-0.2, -0.15) is 5.26 Å². The van der Waals surface area contributed by atoms with Gasteiger partial charge in [-0.1, -0.05) is 103 Å². The van der Waals surface area contributed by atoms with E-state index in [0.29, 0.717) is 5.56 Å². The molecule has 47 heavy (non-hydrogen) atoms. The highest BCUT2D eigenvalue weighted by Gasteiger charge is 2.24. The Morgan fingerprint density at radius 3 is 1.64 bits per heavy atom. The summed E-state index contributed by atoms with van der Waals surface area (Å²) in [5.41, 5.74) is 10.6. The monoisotopic (exact) mass is 598 g/mol. The summed E-state index contributed by atoms with van der Waals surface area (Å²) in [6.45, 7) is 0. The van der Waals surface area contributed by atoms with Gasteiger partial charge in [-0.25, -0.2) is 0 Å². The zero-order valence-electron chi connectivity index (χ0n) is 25.3. The lowest BCUT2D eigenvalue weighted by Crippen LogP contribution is -2.00. The van der Waals surface area contributed by atoms with Gasteiger partial charge in [0.15, 0.2) is 0 Å². The van der Waals surface area contributed by atoms with Crippen LogP contribution in [-0.4, -0.2) is 13.7 Å². The summed E-state index contributed by atoms with van der Waals surface area (Å²) in [5.74, 6) is 0. The Bertz CT molecular complexity index is 2900. The van der Waals surface area contributed by atoms with Crippen molar-refractivity contribution >= 4 is 65.4 Å². The third-order valence-corrected chi connectivity index (χ3v) is 9.65. The van der Waals surface area contributed by atoms with E-state index in [2.05, 4.69) is 159 Å². The van der Waals surface area contributed by atoms with Crippen molar-refractivity contribution in [2.75, 3.05) is 0 Å². The molecule has 218 valence electrons. The van der Waals surface area contributed by atoms with Gasteiger partial charge in [0.1, 0.15) is 6.07 Å². The molecule has 0 saturated carbocycles. The highest BCUT2D eigenvalue weighted by atomic mass is 15.1. The van der Waals surface area contributed by atoms with E-state index in [0.717, 1.165) is 55.4 Å². The van der Waals surface area contributed by atoms with E-state index in [1.54, 1.807) is 0 Å². The van der Waals surface area contributed by atoms with E-state index in [9.17, 15) is 5.26 Å². The van der Waals surface area contributed by atoms with Crippen molar-refractivity contribution in [3.63, 3.8) is 0 Å². The number of para-hydroxylation sites is 6. The lowest BCUT2D eigenvalue weighted by Gasteiger charge is -2.14. The first-order valence-corrected chi connectivity index (χ1v) is 15.9. The summed E-state index contributed by atoms with van der Waals surface area (Å²) in [5, 5.41) is 17.3. The second kappa shape index (κ2) is 9.71. The Hall–Kier alpha value is -6.57. The lowest BCUT2D eigenvalue weighted by molar-refractivity contribution is 1.13. The zero-order chi connectivity index (χ0) is 31.1. The zero-order valence-corrected chi connectivity index (χ0v) is 25.3. The van der Waals surface area contributed by atoms with Crippen LogP contribution in [0, 0.1) is 11.3 Å². The summed E-state index contributed by atoms with van der Waals surface area (Å²) >= 11 is 0. The van der Waals surface area contributed by atoms with Crippen LogP contribution in [0.1, 0.15) is 5.56 Å². The van der Waals surface area contributed by atoms with E-state index >= 15 is 0 Å². The molecule has 4 nitrogen and oxygen atoms in total. The largest absolute Gasteiger partial charge is 0.307 e. The van der Waals surface area contributed by atoms with Crippen LogP contribution < -0.4 is 0 Å². The van der Waals surface area contributed by atoms with Gasteiger partial charge in [0.25, 0.3) is 0 Å². The van der Waals surface area contributed by atoms with Crippen LogP contribution in [0.5, 0.6) is 0 Å². The van der Waals surface area contributed by atoms with Crippen LogP contribution in [0.2, 0.25) is 0 Å². The maximum Gasteiger partial charge on any atom is 0.101 e. The van der Waals surface area contributed by atoms with Crippen molar-refractivity contribution in [3.05, 3.63) is 163 Å². The fraction of sp³-hybridized carbons (Fsp3) is 0. The van der Waals surface area contributed by atoms with Gasteiger partial charge < -0.3 is 13.7 Å². The molecular formula is C43H26N4. The van der Waals surface area contributed by atoms with Gasteiger partial charge in [0.05, 0.1) is 44.4 Å². The molecular weight excluding hydrogens is 573 g/mol. The SMILES string of the molecule is N#Cc1cccc2c3ccc4c(c5ccccc5n4-c4cccc5c6ccccc6n(-c6ccccc6)c45)c3n(-c3ccccc3)c12. The van der Waals surface area contributed by atoms with Crippen LogP contribution in [0.4, 0.5) is 0 Å². The van der Waals surface area contributed by atoms with E-state index in [1.165, 1.54) is 27.1 Å². The molecule has 0 aliphatic rings. The number of hydrogen-bond acceptors (Lipinski definition) is 1. The van der Waals surface area contributed by atoms with Gasteiger partial charge in [-0.3, -0.25) is 0 Å². The second-order valence-corrected chi connectivity index (χ2v) is 12.1. The average molecular weight is 599 g/mol. The highest BCUT2D eigenvalue weighted by Crippen LogP contribution is 2.44. The number of nitriles is 1. The van der Waals surface area contributed by atoms with Crippen LogP contribution in [0.25, 0.3) is 82.5 Å². The molecule has 0 radical (unpaired) electrons. The van der Waals surface area contributed by atoms with E-state index in [1.807, 2.05) is 18.2 Å². The quantitative estimate of drug-likeness (QED) is 0.199. The van der Waals surface area contributed by atoms with Crippen LogP contribution in [-0.2, 0) is 0 Å². The van der Waals surface area contributed by atoms with Gasteiger partial charge >= 0.3 is 0 Å². The fourth-order valence-corrected chi connectivity index (χ4v) is 7.82. The molecule has 0 aliphatic heterocycles. The van der Waals surface area contributed by atoms with Gasteiger partial charge in [0, 0.05) is 43.7 Å². The van der Waals surface area contributed by atoms with E-state index in [4.69, 9.17) is 0 Å². The van der Waals surface area contributed by atoms with Crippen molar-refractivity contribution in [1.82, 2.24) is 13.7 Å². The maximum absolute atomic E-state index is 10.3. The third-order valence-electron chi connectivity index (χ3n) is 9.65. The minimum Gasteiger partial charge on any atom is -0.307 e. The number of fused-ring (bicyclic) bond motifs is 10. The van der Waals surface area contributed by atoms with Crippen LogP contribution >= 0.6 is 0 Å². The molecule has 0 unspecified atom stereocenters. The first-order chi connectivity index (χ1) is 23.3. The topological polar surface area (TPSA) is 38.6 Å². The molecule has 4 heteroatoms. The van der Waals surface area contributed by atoms with Crippen molar-refractivity contribution < 1.29 is 0 Å². The summed E-state index contributed by atoms with van der Waals surface area (Å²) in [6.07, 6.45) is 0. The van der Waals surface area contributed by atoms with E-state index < -0.39 is 0 Å². The predicted molar refractivity (Wildman–Crippen MR) is 194 cm³/mol. The van der Waals surface area contributed by atoms with Gasteiger partial charge in [-0.15, -0.1) is 0 Å². The molecule has 0 fully saturated rings.